The summed E-state index contributed by atoms with van der Waals surface area (Å²) in [6.07, 6.45) is 1.50. The molecule has 0 unspecified atom stereocenters. The van der Waals surface area contributed by atoms with E-state index in [1.807, 2.05) is 0 Å². The molecule has 3 N–H and O–H groups in total. The molecule has 3 aliphatic rings. The third kappa shape index (κ3) is 3.35. The summed E-state index contributed by atoms with van der Waals surface area (Å²) in [5.74, 6) is -1.28. The van der Waals surface area contributed by atoms with Gasteiger partial charge in [0, 0.05) is 35.5 Å². The van der Waals surface area contributed by atoms with Crippen molar-refractivity contribution in [3.05, 3.63) is 61.7 Å². The van der Waals surface area contributed by atoms with Gasteiger partial charge in [-0.25, -0.2) is 14.2 Å². The second-order valence-corrected chi connectivity index (χ2v) is 10.2. The van der Waals surface area contributed by atoms with Crippen molar-refractivity contribution in [3.63, 3.8) is 0 Å². The molecule has 1 aromatic carbocycles. The molecule has 0 radical (unpaired) electrons. The number of cyclic esters (lactones) is 1. The smallest absolute Gasteiger partial charge is 0.342 e. The molecule has 2 aliphatic heterocycles. The number of carbonyl (C=O) groups excluding carboxylic acids is 2. The fourth-order valence-electron chi connectivity index (χ4n) is 5.96. The molecule has 2 atom stereocenters. The number of benzene rings is 1. The SMILES string of the molecule is CNCCC(=O)N[C@H]1CCc2c(C)c(F)cc3nc4c(c1c23)Cn1c-4cc2c(c1=O)COC(=O)[C@@]2(C)O. The lowest BCUT2D eigenvalue weighted by Gasteiger charge is -2.30. The van der Waals surface area contributed by atoms with Gasteiger partial charge < -0.3 is 25.0 Å². The molecule has 2 aromatic heterocycles. The first kappa shape index (κ1) is 23.7. The van der Waals surface area contributed by atoms with Crippen LogP contribution in [0.1, 0.15) is 59.2 Å². The standard InChI is InChI=1S/C27H27FN4O5/c1-12-13-4-5-18(30-21(33)6-7-29-3)23-14-10-32-20(24(14)31-19(22(13)23)9-17(12)28)8-16-15(25(32)34)11-37-26(35)27(16,2)36/h8-9,18,29,36H,4-7,10-11H2,1-3H3,(H,30,33)/t18-,27-/m0/s1. The molecular formula is C27H27FN4O5. The topological polar surface area (TPSA) is 123 Å². The zero-order valence-corrected chi connectivity index (χ0v) is 20.8. The number of nitrogens with zero attached hydrogens (tertiary/aromatic N) is 2. The molecular weight excluding hydrogens is 479 g/mol. The highest BCUT2D eigenvalue weighted by Gasteiger charge is 2.43. The van der Waals surface area contributed by atoms with E-state index < -0.39 is 11.6 Å². The monoisotopic (exact) mass is 506 g/mol. The summed E-state index contributed by atoms with van der Waals surface area (Å²) >= 11 is 0. The van der Waals surface area contributed by atoms with Gasteiger partial charge in [-0.1, -0.05) is 0 Å². The second-order valence-electron chi connectivity index (χ2n) is 10.2. The molecule has 192 valence electrons. The number of aryl methyl sites for hydroxylation is 1. The number of esters is 1. The number of fused-ring (bicyclic) bond motifs is 5. The molecule has 10 heteroatoms. The van der Waals surface area contributed by atoms with E-state index in [0.29, 0.717) is 48.3 Å². The Kier molecular flexibility index (Phi) is 5.26. The molecule has 0 spiro atoms. The zero-order chi connectivity index (χ0) is 26.2. The van der Waals surface area contributed by atoms with Gasteiger partial charge >= 0.3 is 5.97 Å². The fourth-order valence-corrected chi connectivity index (χ4v) is 5.96. The van der Waals surface area contributed by atoms with Crippen LogP contribution in [0.2, 0.25) is 0 Å². The molecule has 9 nitrogen and oxygen atoms in total. The van der Waals surface area contributed by atoms with E-state index >= 15 is 0 Å². The molecule has 6 rings (SSSR count). The average molecular weight is 507 g/mol. The van der Waals surface area contributed by atoms with Gasteiger partial charge in [-0.05, 0) is 56.5 Å². The van der Waals surface area contributed by atoms with Crippen molar-refractivity contribution < 1.29 is 23.8 Å². The van der Waals surface area contributed by atoms with Gasteiger partial charge in [0.25, 0.3) is 5.56 Å². The Morgan fingerprint density at radius 3 is 2.84 bits per heavy atom. The Hall–Kier alpha value is -3.63. The summed E-state index contributed by atoms with van der Waals surface area (Å²) in [6.45, 7) is 3.58. The van der Waals surface area contributed by atoms with E-state index in [1.54, 1.807) is 24.6 Å². The largest absolute Gasteiger partial charge is 0.458 e. The van der Waals surface area contributed by atoms with Crippen molar-refractivity contribution in [2.75, 3.05) is 13.6 Å². The van der Waals surface area contributed by atoms with Crippen molar-refractivity contribution in [1.82, 2.24) is 20.2 Å². The van der Waals surface area contributed by atoms with Gasteiger partial charge in [-0.15, -0.1) is 0 Å². The third-order valence-electron chi connectivity index (χ3n) is 7.94. The number of hydrogen-bond donors (Lipinski definition) is 3. The van der Waals surface area contributed by atoms with E-state index in [0.717, 1.165) is 22.1 Å². The van der Waals surface area contributed by atoms with Crippen LogP contribution < -0.4 is 16.2 Å². The molecule has 4 heterocycles. The Bertz CT molecular complexity index is 1590. The molecule has 0 saturated carbocycles. The predicted octanol–water partition coefficient (Wildman–Crippen LogP) is 1.85. The summed E-state index contributed by atoms with van der Waals surface area (Å²) in [5, 5.41) is 17.8. The highest BCUT2D eigenvalue weighted by Crippen LogP contribution is 2.45. The normalized spacial score (nSPS) is 21.3. The summed E-state index contributed by atoms with van der Waals surface area (Å²) in [5.41, 5.74) is 2.50. The van der Waals surface area contributed by atoms with Crippen LogP contribution in [0.15, 0.2) is 16.9 Å². The molecule has 0 saturated heterocycles. The van der Waals surface area contributed by atoms with Gasteiger partial charge in [-0.2, -0.15) is 0 Å². The summed E-state index contributed by atoms with van der Waals surface area (Å²) in [4.78, 5) is 43.3. The number of halogens is 1. The van der Waals surface area contributed by atoms with Crippen LogP contribution in [0.5, 0.6) is 0 Å². The number of aromatic nitrogens is 2. The molecule has 1 amide bonds. The van der Waals surface area contributed by atoms with Gasteiger partial charge in [-0.3, -0.25) is 9.59 Å². The van der Waals surface area contributed by atoms with Crippen molar-refractivity contribution in [3.8, 4) is 11.4 Å². The Balaban J connectivity index is 1.60. The maximum Gasteiger partial charge on any atom is 0.342 e. The third-order valence-corrected chi connectivity index (χ3v) is 7.94. The first-order valence-corrected chi connectivity index (χ1v) is 12.4. The van der Waals surface area contributed by atoms with Crippen LogP contribution in [-0.2, 0) is 39.5 Å². The summed E-state index contributed by atoms with van der Waals surface area (Å²) < 4.78 is 21.6. The summed E-state index contributed by atoms with van der Waals surface area (Å²) in [7, 11) is 1.78. The minimum Gasteiger partial charge on any atom is -0.458 e. The highest BCUT2D eigenvalue weighted by molar-refractivity contribution is 5.94. The van der Waals surface area contributed by atoms with Crippen LogP contribution in [0.25, 0.3) is 22.3 Å². The first-order valence-electron chi connectivity index (χ1n) is 12.4. The molecule has 1 aliphatic carbocycles. The van der Waals surface area contributed by atoms with Gasteiger partial charge in [0.2, 0.25) is 5.91 Å². The number of pyridine rings is 2. The van der Waals surface area contributed by atoms with Gasteiger partial charge in [0.1, 0.15) is 12.4 Å². The number of ether oxygens (including phenoxy) is 1. The van der Waals surface area contributed by atoms with Crippen LogP contribution in [0.3, 0.4) is 0 Å². The Morgan fingerprint density at radius 1 is 1.30 bits per heavy atom. The molecule has 3 aromatic rings. The fraction of sp³-hybridized carbons (Fsp3) is 0.407. The maximum atomic E-state index is 14.9. The van der Waals surface area contributed by atoms with Crippen molar-refractivity contribution in [2.24, 2.45) is 0 Å². The quantitative estimate of drug-likeness (QED) is 0.361. The number of amides is 1. The van der Waals surface area contributed by atoms with E-state index in [9.17, 15) is 23.9 Å². The zero-order valence-electron chi connectivity index (χ0n) is 20.8. The molecule has 0 bridgehead atoms. The minimum absolute atomic E-state index is 0.102. The van der Waals surface area contributed by atoms with E-state index in [2.05, 4.69) is 10.6 Å². The number of rotatable bonds is 4. The number of carbonyl (C=O) groups is 2. The van der Waals surface area contributed by atoms with E-state index in [1.165, 1.54) is 13.0 Å². The van der Waals surface area contributed by atoms with Crippen molar-refractivity contribution in [1.29, 1.82) is 0 Å². The summed E-state index contributed by atoms with van der Waals surface area (Å²) in [6, 6.07) is 2.69. The highest BCUT2D eigenvalue weighted by atomic mass is 19.1. The Labute approximate surface area is 211 Å². The molecule has 0 fully saturated rings. The van der Waals surface area contributed by atoms with Gasteiger partial charge in [0.05, 0.1) is 35.1 Å². The van der Waals surface area contributed by atoms with Crippen molar-refractivity contribution in [2.45, 2.75) is 57.9 Å². The van der Waals surface area contributed by atoms with Crippen LogP contribution in [0.4, 0.5) is 4.39 Å². The van der Waals surface area contributed by atoms with Crippen LogP contribution in [-0.4, -0.2) is 40.1 Å². The maximum absolute atomic E-state index is 14.9. The minimum atomic E-state index is -1.98. The van der Waals surface area contributed by atoms with Gasteiger partial charge in [0.15, 0.2) is 5.60 Å². The lowest BCUT2D eigenvalue weighted by molar-refractivity contribution is -0.169. The lowest BCUT2D eigenvalue weighted by atomic mass is 9.81. The second kappa shape index (κ2) is 8.19. The first-order chi connectivity index (χ1) is 17.6. The lowest BCUT2D eigenvalue weighted by Crippen LogP contribution is -2.42. The number of hydrogen-bond acceptors (Lipinski definition) is 7. The molecule has 37 heavy (non-hydrogen) atoms. The average Bonchev–Trinajstić information content (AvgIpc) is 3.23. The number of nitrogens with one attached hydrogen (secondary N) is 2. The predicted molar refractivity (Wildman–Crippen MR) is 132 cm³/mol. The van der Waals surface area contributed by atoms with E-state index in [4.69, 9.17) is 9.72 Å². The van der Waals surface area contributed by atoms with Crippen molar-refractivity contribution >= 4 is 22.8 Å². The number of aliphatic hydroxyl groups is 1. The van der Waals surface area contributed by atoms with E-state index in [-0.39, 0.29) is 47.6 Å². The Morgan fingerprint density at radius 2 is 2.08 bits per heavy atom. The van der Waals surface area contributed by atoms with Crippen LogP contribution >= 0.6 is 0 Å². The van der Waals surface area contributed by atoms with Crippen LogP contribution in [0, 0.1) is 12.7 Å².